The van der Waals surface area contributed by atoms with Crippen molar-refractivity contribution in [1.82, 2.24) is 5.43 Å². The van der Waals surface area contributed by atoms with E-state index in [0.29, 0.717) is 16.3 Å². The van der Waals surface area contributed by atoms with E-state index in [2.05, 4.69) is 15.3 Å². The Labute approximate surface area is 225 Å². The van der Waals surface area contributed by atoms with Crippen molar-refractivity contribution in [2.45, 2.75) is 18.7 Å². The SMILES string of the molecule is COC(=O)Oc1ccc(/C=N\NC(=O)CN(c2ccc(C)c(C)c2)S(=O)(=O)c2ccc(Cl)cc2)cc1OC. The van der Waals surface area contributed by atoms with Gasteiger partial charge in [0.1, 0.15) is 6.54 Å². The lowest BCUT2D eigenvalue weighted by Crippen LogP contribution is -2.39. The van der Waals surface area contributed by atoms with Gasteiger partial charge >= 0.3 is 6.16 Å². The van der Waals surface area contributed by atoms with Gasteiger partial charge in [-0.2, -0.15) is 5.10 Å². The maximum absolute atomic E-state index is 13.5. The van der Waals surface area contributed by atoms with Gasteiger partial charge in [-0.25, -0.2) is 18.6 Å². The minimum absolute atomic E-state index is 0.0159. The predicted molar refractivity (Wildman–Crippen MR) is 144 cm³/mol. The average molecular weight is 560 g/mol. The van der Waals surface area contributed by atoms with Crippen LogP contribution in [0, 0.1) is 13.8 Å². The van der Waals surface area contributed by atoms with E-state index in [4.69, 9.17) is 21.1 Å². The first-order chi connectivity index (χ1) is 18.0. The summed E-state index contributed by atoms with van der Waals surface area (Å²) in [7, 11) is -1.53. The van der Waals surface area contributed by atoms with Crippen LogP contribution in [0.3, 0.4) is 0 Å². The monoisotopic (exact) mass is 559 g/mol. The van der Waals surface area contributed by atoms with Crippen molar-refractivity contribution in [1.29, 1.82) is 0 Å². The van der Waals surface area contributed by atoms with E-state index < -0.39 is 28.6 Å². The Kier molecular flexibility index (Phi) is 9.32. The zero-order chi connectivity index (χ0) is 27.9. The first kappa shape index (κ1) is 28.5. The molecule has 12 heteroatoms. The summed E-state index contributed by atoms with van der Waals surface area (Å²) in [6.45, 7) is 3.23. The summed E-state index contributed by atoms with van der Waals surface area (Å²) in [6.07, 6.45) is 0.426. The molecule has 3 aromatic rings. The van der Waals surface area contributed by atoms with E-state index >= 15 is 0 Å². The van der Waals surface area contributed by atoms with Crippen LogP contribution in [0.4, 0.5) is 10.5 Å². The molecule has 0 atom stereocenters. The number of carbonyl (C=O) groups excluding carboxylic acids is 2. The standard InChI is InChI=1S/C26H26ClN3O7S/c1-17-5-9-21(13-18(17)2)30(38(33,34)22-10-7-20(27)8-11-22)16-25(31)29-28-15-19-6-12-23(24(14-19)35-3)37-26(32)36-4/h5-15H,16H2,1-4H3,(H,29,31)/b28-15-. The number of rotatable bonds is 9. The Morgan fingerprint density at radius 1 is 0.974 bits per heavy atom. The molecule has 0 saturated carbocycles. The molecular formula is C26H26ClN3O7S. The van der Waals surface area contributed by atoms with E-state index in [1.54, 1.807) is 24.3 Å². The molecule has 3 aromatic carbocycles. The number of aryl methyl sites for hydroxylation is 2. The first-order valence-electron chi connectivity index (χ1n) is 11.2. The van der Waals surface area contributed by atoms with Gasteiger partial charge in [0.25, 0.3) is 15.9 Å². The van der Waals surface area contributed by atoms with Crippen molar-refractivity contribution in [2.24, 2.45) is 5.10 Å². The highest BCUT2D eigenvalue weighted by Crippen LogP contribution is 2.28. The zero-order valence-electron chi connectivity index (χ0n) is 21.1. The molecule has 0 unspecified atom stereocenters. The molecule has 1 N–H and O–H groups in total. The minimum Gasteiger partial charge on any atom is -0.493 e. The fraction of sp³-hybridized carbons (Fsp3) is 0.192. The Hall–Kier alpha value is -4.09. The molecule has 0 heterocycles. The molecule has 0 aliphatic heterocycles. The van der Waals surface area contributed by atoms with Gasteiger partial charge in [0.05, 0.1) is 31.0 Å². The fourth-order valence-electron chi connectivity index (χ4n) is 3.25. The van der Waals surface area contributed by atoms with Gasteiger partial charge in [0.15, 0.2) is 11.5 Å². The topological polar surface area (TPSA) is 124 Å². The van der Waals surface area contributed by atoms with Gasteiger partial charge in [-0.1, -0.05) is 17.7 Å². The van der Waals surface area contributed by atoms with Gasteiger partial charge in [-0.15, -0.1) is 0 Å². The Bertz CT molecular complexity index is 1460. The van der Waals surface area contributed by atoms with Crippen LogP contribution in [0.25, 0.3) is 0 Å². The molecule has 0 aromatic heterocycles. The number of hydrogen-bond donors (Lipinski definition) is 1. The second kappa shape index (κ2) is 12.4. The smallest absolute Gasteiger partial charge is 0.493 e. The van der Waals surface area contributed by atoms with Crippen LogP contribution >= 0.6 is 11.6 Å². The number of nitrogens with one attached hydrogen (secondary N) is 1. The lowest BCUT2D eigenvalue weighted by molar-refractivity contribution is -0.119. The highest BCUT2D eigenvalue weighted by Gasteiger charge is 2.27. The van der Waals surface area contributed by atoms with E-state index in [1.807, 2.05) is 13.8 Å². The second-order valence-corrected chi connectivity index (χ2v) is 10.3. The lowest BCUT2D eigenvalue weighted by Gasteiger charge is -2.24. The largest absolute Gasteiger partial charge is 0.513 e. The van der Waals surface area contributed by atoms with E-state index in [-0.39, 0.29) is 16.4 Å². The Morgan fingerprint density at radius 3 is 2.32 bits per heavy atom. The zero-order valence-corrected chi connectivity index (χ0v) is 22.7. The normalized spacial score (nSPS) is 11.2. The van der Waals surface area contributed by atoms with Crippen molar-refractivity contribution < 1.29 is 32.2 Å². The van der Waals surface area contributed by atoms with Crippen molar-refractivity contribution in [3.05, 3.63) is 82.4 Å². The van der Waals surface area contributed by atoms with Crippen LogP contribution in [-0.4, -0.2) is 47.5 Å². The molecule has 0 aliphatic carbocycles. The van der Waals surface area contributed by atoms with Crippen molar-refractivity contribution in [3.8, 4) is 11.5 Å². The molecule has 200 valence electrons. The van der Waals surface area contributed by atoms with Gasteiger partial charge < -0.3 is 14.2 Å². The highest BCUT2D eigenvalue weighted by molar-refractivity contribution is 7.92. The minimum atomic E-state index is -4.10. The summed E-state index contributed by atoms with van der Waals surface area (Å²) in [4.78, 5) is 24.1. The first-order valence-corrected chi connectivity index (χ1v) is 13.0. The summed E-state index contributed by atoms with van der Waals surface area (Å²) in [5.41, 5.74) is 5.02. The number of methoxy groups -OCH3 is 2. The molecule has 1 amide bonds. The molecule has 0 saturated heterocycles. The van der Waals surface area contributed by atoms with Gasteiger partial charge in [0, 0.05) is 5.02 Å². The van der Waals surface area contributed by atoms with Gasteiger partial charge in [-0.3, -0.25) is 9.10 Å². The van der Waals surface area contributed by atoms with Gasteiger partial charge in [-0.05, 0) is 85.1 Å². The number of hydrogen-bond acceptors (Lipinski definition) is 8. The number of ether oxygens (including phenoxy) is 3. The van der Waals surface area contributed by atoms with E-state index in [0.717, 1.165) is 15.4 Å². The number of amides is 1. The quantitative estimate of drug-likeness (QED) is 0.178. The third-order valence-electron chi connectivity index (χ3n) is 5.42. The number of carbonyl (C=O) groups is 2. The van der Waals surface area contributed by atoms with Crippen LogP contribution in [0.5, 0.6) is 11.5 Å². The van der Waals surface area contributed by atoms with Crippen LogP contribution in [-0.2, 0) is 19.6 Å². The van der Waals surface area contributed by atoms with Crippen LogP contribution in [0.1, 0.15) is 16.7 Å². The molecule has 0 radical (unpaired) electrons. The third-order valence-corrected chi connectivity index (χ3v) is 7.46. The molecule has 10 nitrogen and oxygen atoms in total. The summed E-state index contributed by atoms with van der Waals surface area (Å²) < 4.78 is 42.6. The lowest BCUT2D eigenvalue weighted by atomic mass is 10.1. The number of halogens is 1. The van der Waals surface area contributed by atoms with E-state index in [9.17, 15) is 18.0 Å². The summed E-state index contributed by atoms with van der Waals surface area (Å²) >= 11 is 5.92. The van der Waals surface area contributed by atoms with E-state index in [1.165, 1.54) is 56.8 Å². The number of sulfonamides is 1. The number of benzene rings is 3. The molecule has 0 aliphatic rings. The molecule has 0 spiro atoms. The maximum Gasteiger partial charge on any atom is 0.513 e. The number of nitrogens with zero attached hydrogens (tertiary/aromatic N) is 2. The fourth-order valence-corrected chi connectivity index (χ4v) is 4.79. The van der Waals surface area contributed by atoms with Crippen molar-refractivity contribution >= 4 is 45.6 Å². The second-order valence-electron chi connectivity index (χ2n) is 7.99. The summed E-state index contributed by atoms with van der Waals surface area (Å²) in [5, 5.41) is 4.30. The predicted octanol–water partition coefficient (Wildman–Crippen LogP) is 4.46. The summed E-state index contributed by atoms with van der Waals surface area (Å²) in [5.74, 6) is -0.299. The Morgan fingerprint density at radius 2 is 1.68 bits per heavy atom. The number of anilines is 1. The maximum atomic E-state index is 13.5. The molecule has 38 heavy (non-hydrogen) atoms. The highest BCUT2D eigenvalue weighted by atomic mass is 35.5. The summed E-state index contributed by atoms with van der Waals surface area (Å²) in [6, 6.07) is 15.4. The molecule has 0 fully saturated rings. The third kappa shape index (κ3) is 7.02. The van der Waals surface area contributed by atoms with Crippen LogP contribution in [0.2, 0.25) is 5.02 Å². The molecule has 3 rings (SSSR count). The van der Waals surface area contributed by atoms with Gasteiger partial charge in [0.2, 0.25) is 0 Å². The number of hydrazone groups is 1. The molecule has 0 bridgehead atoms. The van der Waals surface area contributed by atoms with Crippen molar-refractivity contribution in [3.63, 3.8) is 0 Å². The van der Waals surface area contributed by atoms with Crippen LogP contribution < -0.4 is 19.2 Å². The van der Waals surface area contributed by atoms with Crippen LogP contribution in [0.15, 0.2) is 70.7 Å². The molecular weight excluding hydrogens is 534 g/mol. The Balaban J connectivity index is 1.81. The van der Waals surface area contributed by atoms with Crippen molar-refractivity contribution in [2.75, 3.05) is 25.1 Å². The average Bonchev–Trinajstić information content (AvgIpc) is 2.89.